The third-order valence-electron chi connectivity index (χ3n) is 4.32. The predicted molar refractivity (Wildman–Crippen MR) is 107 cm³/mol. The fourth-order valence-corrected chi connectivity index (χ4v) is 2.71. The van der Waals surface area contributed by atoms with E-state index in [4.69, 9.17) is 16.2 Å². The van der Waals surface area contributed by atoms with Crippen LogP contribution in [0.3, 0.4) is 0 Å². The third-order valence-corrected chi connectivity index (χ3v) is 4.32. The van der Waals surface area contributed by atoms with Crippen LogP contribution < -0.4 is 16.8 Å². The molecule has 0 aliphatic heterocycles. The minimum absolute atomic E-state index is 0.0480. The summed E-state index contributed by atoms with van der Waals surface area (Å²) in [7, 11) is 0. The quantitative estimate of drug-likeness (QED) is 0.317. The first kappa shape index (κ1) is 22.6. The van der Waals surface area contributed by atoms with Crippen molar-refractivity contribution in [1.82, 2.24) is 5.32 Å². The molecular formula is C21H23N3O6. The summed E-state index contributed by atoms with van der Waals surface area (Å²) in [6, 6.07) is 15.8. The molecule has 0 fully saturated rings. The Kier molecular flexibility index (Phi) is 7.65. The summed E-state index contributed by atoms with van der Waals surface area (Å²) in [5.74, 6) is -4.69. The number of benzene rings is 2. The number of carbonyl (C=O) groups excluding carboxylic acids is 3. The van der Waals surface area contributed by atoms with Gasteiger partial charge in [0.1, 0.15) is 12.6 Å². The van der Waals surface area contributed by atoms with Gasteiger partial charge in [0, 0.05) is 6.42 Å². The van der Waals surface area contributed by atoms with Gasteiger partial charge in [-0.15, -0.1) is 0 Å². The Morgan fingerprint density at radius 3 is 2.00 bits per heavy atom. The first-order chi connectivity index (χ1) is 14.2. The van der Waals surface area contributed by atoms with Crippen LogP contribution in [-0.2, 0) is 36.9 Å². The number of aliphatic carboxylic acids is 1. The van der Waals surface area contributed by atoms with E-state index >= 15 is 0 Å². The van der Waals surface area contributed by atoms with Crippen LogP contribution in [-0.4, -0.2) is 40.4 Å². The van der Waals surface area contributed by atoms with E-state index in [9.17, 15) is 24.3 Å². The normalized spacial score (nSPS) is 13.5. The van der Waals surface area contributed by atoms with Gasteiger partial charge in [0.25, 0.3) is 5.91 Å². The van der Waals surface area contributed by atoms with Crippen LogP contribution in [0.25, 0.3) is 0 Å². The average Bonchev–Trinajstić information content (AvgIpc) is 2.72. The second-order valence-corrected chi connectivity index (χ2v) is 6.73. The van der Waals surface area contributed by atoms with Crippen LogP contribution in [0.5, 0.6) is 0 Å². The number of hydrogen-bond donors (Lipinski definition) is 4. The van der Waals surface area contributed by atoms with Crippen LogP contribution in [0, 0.1) is 0 Å². The summed E-state index contributed by atoms with van der Waals surface area (Å²) >= 11 is 0. The lowest BCUT2D eigenvalue weighted by atomic mass is 9.94. The van der Waals surface area contributed by atoms with Crippen LogP contribution in [0.1, 0.15) is 17.5 Å². The van der Waals surface area contributed by atoms with Gasteiger partial charge in [-0.3, -0.25) is 9.59 Å². The van der Waals surface area contributed by atoms with Crippen molar-refractivity contribution >= 4 is 23.8 Å². The third kappa shape index (κ3) is 6.14. The van der Waals surface area contributed by atoms with E-state index in [2.05, 4.69) is 5.32 Å². The molecule has 0 aromatic heterocycles. The van der Waals surface area contributed by atoms with Gasteiger partial charge in [-0.25, -0.2) is 9.59 Å². The molecular weight excluding hydrogens is 390 g/mol. The Balaban J connectivity index is 2.16. The standard InChI is InChI=1S/C21H23N3O6/c22-17(25)12-21(23,20(29)30-13-15-9-5-2-6-10-15)19(28)24-16(18(26)27)11-14-7-3-1-4-8-14/h1-10,16H,11-13,23H2,(H2,22,25)(H,24,28)(H,26,27)/t16-,21-/m0/s1. The molecule has 2 amide bonds. The van der Waals surface area contributed by atoms with Crippen LogP contribution in [0.2, 0.25) is 0 Å². The SMILES string of the molecule is NC(=O)C[C@](N)(C(=O)N[C@@H](Cc1ccccc1)C(=O)O)C(=O)OCc1ccccc1. The highest BCUT2D eigenvalue weighted by Crippen LogP contribution is 2.14. The van der Waals surface area contributed by atoms with Crippen LogP contribution in [0.15, 0.2) is 60.7 Å². The fraction of sp³-hybridized carbons (Fsp3) is 0.238. The zero-order valence-electron chi connectivity index (χ0n) is 16.1. The van der Waals surface area contributed by atoms with Crippen molar-refractivity contribution in [3.8, 4) is 0 Å². The van der Waals surface area contributed by atoms with Crippen molar-refractivity contribution in [2.75, 3.05) is 0 Å². The lowest BCUT2D eigenvalue weighted by Gasteiger charge is -2.27. The molecule has 0 aliphatic rings. The molecule has 0 unspecified atom stereocenters. The Morgan fingerprint density at radius 2 is 1.50 bits per heavy atom. The lowest BCUT2D eigenvalue weighted by Crippen LogP contribution is -2.64. The Bertz CT molecular complexity index is 903. The predicted octanol–water partition coefficient (Wildman–Crippen LogP) is 0.115. The van der Waals surface area contributed by atoms with Crippen LogP contribution in [0.4, 0.5) is 0 Å². The van der Waals surface area contributed by atoms with E-state index in [0.717, 1.165) is 0 Å². The van der Waals surface area contributed by atoms with E-state index < -0.39 is 41.8 Å². The van der Waals surface area contributed by atoms with E-state index in [1.807, 2.05) is 0 Å². The van der Waals surface area contributed by atoms with Gasteiger partial charge in [0.05, 0.1) is 6.42 Å². The minimum atomic E-state index is -2.47. The molecule has 0 bridgehead atoms. The van der Waals surface area contributed by atoms with E-state index in [0.29, 0.717) is 11.1 Å². The van der Waals surface area contributed by atoms with Crippen molar-refractivity contribution < 1.29 is 29.0 Å². The van der Waals surface area contributed by atoms with E-state index in [1.54, 1.807) is 60.7 Å². The molecule has 9 nitrogen and oxygen atoms in total. The largest absolute Gasteiger partial charge is 0.480 e. The smallest absolute Gasteiger partial charge is 0.336 e. The van der Waals surface area contributed by atoms with Crippen molar-refractivity contribution in [2.45, 2.75) is 31.0 Å². The van der Waals surface area contributed by atoms with Crippen molar-refractivity contribution in [3.63, 3.8) is 0 Å². The molecule has 30 heavy (non-hydrogen) atoms. The van der Waals surface area contributed by atoms with Crippen molar-refractivity contribution in [2.24, 2.45) is 11.5 Å². The summed E-state index contributed by atoms with van der Waals surface area (Å²) in [6.07, 6.45) is -0.891. The Morgan fingerprint density at radius 1 is 0.967 bits per heavy atom. The molecule has 0 saturated heterocycles. The molecule has 0 spiro atoms. The molecule has 6 N–H and O–H groups in total. The number of esters is 1. The fourth-order valence-electron chi connectivity index (χ4n) is 2.71. The van der Waals surface area contributed by atoms with Gasteiger partial charge in [0.15, 0.2) is 0 Å². The summed E-state index contributed by atoms with van der Waals surface area (Å²) in [5, 5.41) is 11.7. The van der Waals surface area contributed by atoms with Crippen LogP contribution >= 0.6 is 0 Å². The second kappa shape index (κ2) is 10.2. The number of carboxylic acid groups (broad SMARTS) is 1. The number of nitrogens with two attached hydrogens (primary N) is 2. The number of rotatable bonds is 10. The molecule has 0 saturated carbocycles. The average molecular weight is 413 g/mol. The number of ether oxygens (including phenoxy) is 1. The van der Waals surface area contributed by atoms with Crippen molar-refractivity contribution in [3.05, 3.63) is 71.8 Å². The van der Waals surface area contributed by atoms with Gasteiger partial charge < -0.3 is 26.6 Å². The van der Waals surface area contributed by atoms with Crippen molar-refractivity contribution in [1.29, 1.82) is 0 Å². The molecule has 2 atom stereocenters. The molecule has 0 heterocycles. The summed E-state index contributed by atoms with van der Waals surface area (Å²) < 4.78 is 5.10. The van der Waals surface area contributed by atoms with Gasteiger partial charge in [0.2, 0.25) is 11.4 Å². The number of nitrogens with one attached hydrogen (secondary N) is 1. The molecule has 2 aromatic carbocycles. The van der Waals surface area contributed by atoms with Gasteiger partial charge in [-0.2, -0.15) is 0 Å². The number of amides is 2. The van der Waals surface area contributed by atoms with E-state index in [-0.39, 0.29) is 13.0 Å². The highest BCUT2D eigenvalue weighted by Gasteiger charge is 2.46. The molecule has 0 radical (unpaired) electrons. The van der Waals surface area contributed by atoms with Gasteiger partial charge in [-0.1, -0.05) is 60.7 Å². The number of carbonyl (C=O) groups is 4. The maximum absolute atomic E-state index is 12.8. The minimum Gasteiger partial charge on any atom is -0.480 e. The topological polar surface area (TPSA) is 162 Å². The maximum atomic E-state index is 12.8. The Labute approximate surface area is 173 Å². The monoisotopic (exact) mass is 413 g/mol. The summed E-state index contributed by atoms with van der Waals surface area (Å²) in [6.45, 7) is -0.183. The first-order valence-corrected chi connectivity index (χ1v) is 9.08. The first-order valence-electron chi connectivity index (χ1n) is 9.08. The van der Waals surface area contributed by atoms with Gasteiger partial charge in [-0.05, 0) is 11.1 Å². The molecule has 158 valence electrons. The molecule has 2 rings (SSSR count). The molecule has 0 aliphatic carbocycles. The zero-order chi connectivity index (χ0) is 22.1. The number of hydrogen-bond acceptors (Lipinski definition) is 6. The summed E-state index contributed by atoms with van der Waals surface area (Å²) in [5.41, 5.74) is 9.88. The highest BCUT2D eigenvalue weighted by atomic mass is 16.5. The Hall–Kier alpha value is -3.72. The molecule has 2 aromatic rings. The second-order valence-electron chi connectivity index (χ2n) is 6.73. The van der Waals surface area contributed by atoms with Gasteiger partial charge >= 0.3 is 11.9 Å². The number of primary amides is 1. The number of carboxylic acids is 1. The zero-order valence-corrected chi connectivity index (χ0v) is 16.1. The van der Waals surface area contributed by atoms with E-state index in [1.165, 1.54) is 0 Å². The molecule has 9 heteroatoms. The highest BCUT2D eigenvalue weighted by molar-refractivity contribution is 6.10. The summed E-state index contributed by atoms with van der Waals surface area (Å²) in [4.78, 5) is 48.4. The maximum Gasteiger partial charge on any atom is 0.336 e. The lowest BCUT2D eigenvalue weighted by molar-refractivity contribution is -0.158.